The molecule has 0 aromatic carbocycles. The first-order valence-corrected chi connectivity index (χ1v) is 5.72. The average Bonchev–Trinajstić information content (AvgIpc) is 2.27. The summed E-state index contributed by atoms with van der Waals surface area (Å²) < 4.78 is 5.17. The molecular formula is C14H17NO2. The fourth-order valence-corrected chi connectivity index (χ4v) is 1.67. The van der Waals surface area contributed by atoms with Gasteiger partial charge in [-0.3, -0.25) is 0 Å². The van der Waals surface area contributed by atoms with E-state index in [1.165, 1.54) is 0 Å². The molecule has 1 rings (SSSR count). The maximum atomic E-state index is 11.4. The molecule has 3 heteroatoms. The van der Waals surface area contributed by atoms with Gasteiger partial charge in [0.1, 0.15) is 6.10 Å². The SMILES string of the molecule is C/C=C\C(C#N)=C/C1CC(C(C)C)=CC(=O)O1. The Morgan fingerprint density at radius 3 is 2.88 bits per heavy atom. The predicted octanol–water partition coefficient (Wildman–Crippen LogP) is 2.91. The molecule has 0 saturated carbocycles. The molecule has 1 aliphatic heterocycles. The first-order chi connectivity index (χ1) is 8.06. The summed E-state index contributed by atoms with van der Waals surface area (Å²) in [5.41, 5.74) is 1.59. The molecule has 0 radical (unpaired) electrons. The molecule has 90 valence electrons. The van der Waals surface area contributed by atoms with Crippen LogP contribution >= 0.6 is 0 Å². The lowest BCUT2D eigenvalue weighted by atomic mass is 9.94. The van der Waals surface area contributed by atoms with E-state index in [2.05, 4.69) is 6.07 Å². The number of rotatable bonds is 3. The van der Waals surface area contributed by atoms with Crippen LogP contribution in [0.5, 0.6) is 0 Å². The fourth-order valence-electron chi connectivity index (χ4n) is 1.67. The Labute approximate surface area is 102 Å². The maximum Gasteiger partial charge on any atom is 0.331 e. The zero-order chi connectivity index (χ0) is 12.8. The third-order valence-electron chi connectivity index (χ3n) is 2.59. The zero-order valence-electron chi connectivity index (χ0n) is 10.4. The zero-order valence-corrected chi connectivity index (χ0v) is 10.4. The number of hydrogen-bond donors (Lipinski definition) is 0. The Morgan fingerprint density at radius 2 is 2.35 bits per heavy atom. The Balaban J connectivity index is 2.86. The number of hydrogen-bond acceptors (Lipinski definition) is 3. The van der Waals surface area contributed by atoms with E-state index in [4.69, 9.17) is 10.00 Å². The molecule has 0 aromatic rings. The van der Waals surface area contributed by atoms with Gasteiger partial charge in [0.2, 0.25) is 0 Å². The third kappa shape index (κ3) is 3.92. The molecule has 0 aliphatic carbocycles. The average molecular weight is 231 g/mol. The first-order valence-electron chi connectivity index (χ1n) is 5.72. The lowest BCUT2D eigenvalue weighted by molar-refractivity contribution is -0.142. The van der Waals surface area contributed by atoms with Crippen molar-refractivity contribution in [3.05, 3.63) is 35.5 Å². The summed E-state index contributed by atoms with van der Waals surface area (Å²) >= 11 is 0. The van der Waals surface area contributed by atoms with Gasteiger partial charge in [-0.25, -0.2) is 4.79 Å². The number of nitriles is 1. The number of carbonyl (C=O) groups excluding carboxylic acids is 1. The summed E-state index contributed by atoms with van der Waals surface area (Å²) in [6.07, 6.45) is 7.10. The topological polar surface area (TPSA) is 50.1 Å². The van der Waals surface area contributed by atoms with E-state index < -0.39 is 0 Å². The summed E-state index contributed by atoms with van der Waals surface area (Å²) in [4.78, 5) is 11.4. The molecule has 0 bridgehead atoms. The van der Waals surface area contributed by atoms with Gasteiger partial charge in [-0.1, -0.05) is 25.5 Å². The second-order valence-corrected chi connectivity index (χ2v) is 4.29. The molecule has 0 amide bonds. The van der Waals surface area contributed by atoms with Gasteiger partial charge in [0.05, 0.1) is 11.6 Å². The molecule has 0 fully saturated rings. The van der Waals surface area contributed by atoms with Crippen molar-refractivity contribution in [3.8, 4) is 6.07 Å². The van der Waals surface area contributed by atoms with E-state index in [0.717, 1.165) is 5.57 Å². The van der Waals surface area contributed by atoms with Crippen LogP contribution in [0, 0.1) is 17.2 Å². The van der Waals surface area contributed by atoms with E-state index in [1.807, 2.05) is 20.8 Å². The second kappa shape index (κ2) is 6.05. The van der Waals surface area contributed by atoms with Crippen molar-refractivity contribution < 1.29 is 9.53 Å². The van der Waals surface area contributed by atoms with E-state index >= 15 is 0 Å². The van der Waals surface area contributed by atoms with Crippen LogP contribution in [0.15, 0.2) is 35.5 Å². The number of ether oxygens (including phenoxy) is 1. The minimum Gasteiger partial charge on any atom is -0.455 e. The van der Waals surface area contributed by atoms with Gasteiger partial charge in [0.25, 0.3) is 0 Å². The fraction of sp³-hybridized carbons (Fsp3) is 0.429. The van der Waals surface area contributed by atoms with Gasteiger partial charge in [-0.05, 0) is 25.0 Å². The normalized spacial score (nSPS) is 21.4. The summed E-state index contributed by atoms with van der Waals surface area (Å²) in [7, 11) is 0. The lowest BCUT2D eigenvalue weighted by Crippen LogP contribution is -2.22. The highest BCUT2D eigenvalue weighted by Gasteiger charge is 2.21. The van der Waals surface area contributed by atoms with Crippen molar-refractivity contribution in [2.45, 2.75) is 33.3 Å². The monoisotopic (exact) mass is 231 g/mol. The molecule has 1 atom stereocenters. The first kappa shape index (κ1) is 13.2. The van der Waals surface area contributed by atoms with Crippen molar-refractivity contribution in [2.24, 2.45) is 5.92 Å². The van der Waals surface area contributed by atoms with Crippen molar-refractivity contribution in [1.82, 2.24) is 0 Å². The minimum absolute atomic E-state index is 0.320. The molecule has 17 heavy (non-hydrogen) atoms. The van der Waals surface area contributed by atoms with Crippen LogP contribution in [0.2, 0.25) is 0 Å². The van der Waals surface area contributed by atoms with Crippen molar-refractivity contribution >= 4 is 5.97 Å². The number of esters is 1. The number of carbonyl (C=O) groups is 1. The highest BCUT2D eigenvalue weighted by atomic mass is 16.5. The van der Waals surface area contributed by atoms with Gasteiger partial charge in [0.15, 0.2) is 0 Å². The van der Waals surface area contributed by atoms with Gasteiger partial charge < -0.3 is 4.74 Å². The smallest absolute Gasteiger partial charge is 0.331 e. The Morgan fingerprint density at radius 1 is 1.65 bits per heavy atom. The van der Waals surface area contributed by atoms with Gasteiger partial charge >= 0.3 is 5.97 Å². The van der Waals surface area contributed by atoms with Crippen molar-refractivity contribution in [3.63, 3.8) is 0 Å². The molecule has 0 spiro atoms. The molecule has 1 heterocycles. The quantitative estimate of drug-likeness (QED) is 0.426. The van der Waals surface area contributed by atoms with Gasteiger partial charge in [0, 0.05) is 12.5 Å². The molecular weight excluding hydrogens is 214 g/mol. The Hall–Kier alpha value is -1.82. The largest absolute Gasteiger partial charge is 0.455 e. The highest BCUT2D eigenvalue weighted by Crippen LogP contribution is 2.23. The van der Waals surface area contributed by atoms with Crippen LogP contribution in [-0.2, 0) is 9.53 Å². The Bertz CT molecular complexity index is 422. The summed E-state index contributed by atoms with van der Waals surface area (Å²) in [6, 6.07) is 2.07. The maximum absolute atomic E-state index is 11.4. The van der Waals surface area contributed by atoms with E-state index in [9.17, 15) is 4.79 Å². The summed E-state index contributed by atoms with van der Waals surface area (Å²) in [6.45, 7) is 5.93. The van der Waals surface area contributed by atoms with Gasteiger partial charge in [-0.2, -0.15) is 5.26 Å². The molecule has 1 unspecified atom stereocenters. The van der Waals surface area contributed by atoms with Crippen LogP contribution in [0.25, 0.3) is 0 Å². The number of nitrogens with zero attached hydrogens (tertiary/aromatic N) is 1. The minimum atomic E-state index is -0.323. The van der Waals surface area contributed by atoms with Crippen LogP contribution in [0.4, 0.5) is 0 Å². The van der Waals surface area contributed by atoms with Crippen LogP contribution in [0.1, 0.15) is 27.2 Å². The molecule has 0 N–H and O–H groups in total. The number of allylic oxidation sites excluding steroid dienone is 3. The second-order valence-electron chi connectivity index (χ2n) is 4.29. The van der Waals surface area contributed by atoms with Crippen molar-refractivity contribution in [2.75, 3.05) is 0 Å². The third-order valence-corrected chi connectivity index (χ3v) is 2.59. The summed E-state index contributed by atoms with van der Waals surface area (Å²) in [5, 5.41) is 8.90. The summed E-state index contributed by atoms with van der Waals surface area (Å²) in [5.74, 6) is 0.00460. The van der Waals surface area contributed by atoms with Crippen LogP contribution in [0.3, 0.4) is 0 Å². The van der Waals surface area contributed by atoms with Crippen molar-refractivity contribution in [1.29, 1.82) is 5.26 Å². The predicted molar refractivity (Wildman–Crippen MR) is 65.9 cm³/mol. The van der Waals surface area contributed by atoms with Gasteiger partial charge in [-0.15, -0.1) is 0 Å². The van der Waals surface area contributed by atoms with E-state index in [1.54, 1.807) is 24.3 Å². The Kier molecular flexibility index (Phi) is 4.71. The lowest BCUT2D eigenvalue weighted by Gasteiger charge is -2.22. The standard InChI is InChI=1S/C14H17NO2/c1-4-5-11(9-15)6-13-7-12(10(2)3)8-14(16)17-13/h4-6,8,10,13H,7H2,1-3H3/b5-4-,11-6+. The molecule has 0 aromatic heterocycles. The number of cyclic esters (lactones) is 1. The molecule has 3 nitrogen and oxygen atoms in total. The van der Waals surface area contributed by atoms with Crippen LogP contribution in [-0.4, -0.2) is 12.1 Å². The molecule has 1 aliphatic rings. The highest BCUT2D eigenvalue weighted by molar-refractivity contribution is 5.84. The molecule has 0 saturated heterocycles. The van der Waals surface area contributed by atoms with Crippen LogP contribution < -0.4 is 0 Å². The van der Waals surface area contributed by atoms with E-state index in [0.29, 0.717) is 17.9 Å². The van der Waals surface area contributed by atoms with E-state index in [-0.39, 0.29) is 12.1 Å².